The zero-order chi connectivity index (χ0) is 10.7. The third-order valence-corrected chi connectivity index (χ3v) is 2.00. The van der Waals surface area contributed by atoms with Crippen LogP contribution < -0.4 is 5.73 Å². The summed E-state index contributed by atoms with van der Waals surface area (Å²) in [5.41, 5.74) is 7.60. The van der Waals surface area contributed by atoms with E-state index in [9.17, 15) is 4.79 Å². The molecule has 2 rings (SSSR count). The molecule has 1 heterocycles. The molecular weight excluding hydrogens is 190 g/mol. The van der Waals surface area contributed by atoms with Crippen molar-refractivity contribution in [3.8, 4) is 11.3 Å². The Balaban J connectivity index is 2.44. The number of anilines is 1. The van der Waals surface area contributed by atoms with E-state index in [4.69, 9.17) is 5.73 Å². The molecule has 2 aromatic rings. The number of aromatic nitrogens is 2. The predicted molar refractivity (Wildman–Crippen MR) is 57.3 cm³/mol. The average Bonchev–Trinajstić information content (AvgIpc) is 2.30. The Morgan fingerprint density at radius 2 is 2.00 bits per heavy atom. The van der Waals surface area contributed by atoms with E-state index in [1.54, 1.807) is 30.3 Å². The van der Waals surface area contributed by atoms with Crippen molar-refractivity contribution < 1.29 is 4.79 Å². The summed E-state index contributed by atoms with van der Waals surface area (Å²) in [6, 6.07) is 10.6. The SMILES string of the molecule is Nc1ccc(-c2cccc(C=O)c2)nn1. The first-order valence-corrected chi connectivity index (χ1v) is 4.44. The number of carbonyl (C=O) groups excluding carboxylic acids is 1. The van der Waals surface area contributed by atoms with Gasteiger partial charge in [-0.1, -0.05) is 18.2 Å². The van der Waals surface area contributed by atoms with E-state index < -0.39 is 0 Å². The van der Waals surface area contributed by atoms with Crippen molar-refractivity contribution in [3.05, 3.63) is 42.0 Å². The van der Waals surface area contributed by atoms with E-state index in [0.717, 1.165) is 11.8 Å². The largest absolute Gasteiger partial charge is 0.382 e. The smallest absolute Gasteiger partial charge is 0.150 e. The second-order valence-electron chi connectivity index (χ2n) is 3.09. The van der Waals surface area contributed by atoms with Crippen LogP contribution in [0, 0.1) is 0 Å². The molecule has 4 heteroatoms. The van der Waals surface area contributed by atoms with Gasteiger partial charge in [0.25, 0.3) is 0 Å². The van der Waals surface area contributed by atoms with Crippen LogP contribution in [0.1, 0.15) is 10.4 Å². The van der Waals surface area contributed by atoms with Crippen LogP contribution in [0.4, 0.5) is 5.82 Å². The van der Waals surface area contributed by atoms with Gasteiger partial charge in [-0.15, -0.1) is 10.2 Å². The van der Waals surface area contributed by atoms with E-state index in [0.29, 0.717) is 17.1 Å². The van der Waals surface area contributed by atoms with E-state index in [1.807, 2.05) is 6.07 Å². The molecule has 2 N–H and O–H groups in total. The summed E-state index contributed by atoms with van der Waals surface area (Å²) in [6.45, 7) is 0. The van der Waals surface area contributed by atoms with Crippen molar-refractivity contribution in [1.82, 2.24) is 10.2 Å². The molecule has 0 aliphatic rings. The van der Waals surface area contributed by atoms with Crippen molar-refractivity contribution in [2.75, 3.05) is 5.73 Å². The molecule has 1 aromatic carbocycles. The summed E-state index contributed by atoms with van der Waals surface area (Å²) in [7, 11) is 0. The van der Waals surface area contributed by atoms with Gasteiger partial charge >= 0.3 is 0 Å². The maximum atomic E-state index is 10.6. The molecule has 0 aliphatic heterocycles. The molecule has 0 saturated carbocycles. The second-order valence-corrected chi connectivity index (χ2v) is 3.09. The molecule has 0 saturated heterocycles. The van der Waals surface area contributed by atoms with Crippen molar-refractivity contribution in [2.45, 2.75) is 0 Å². The third kappa shape index (κ3) is 1.99. The van der Waals surface area contributed by atoms with Gasteiger partial charge in [-0.2, -0.15) is 0 Å². The first-order chi connectivity index (χ1) is 7.29. The average molecular weight is 199 g/mol. The molecule has 0 bridgehead atoms. The number of hydrogen-bond donors (Lipinski definition) is 1. The second kappa shape index (κ2) is 3.88. The van der Waals surface area contributed by atoms with Gasteiger partial charge in [-0.3, -0.25) is 4.79 Å². The van der Waals surface area contributed by atoms with Gasteiger partial charge in [-0.25, -0.2) is 0 Å². The van der Waals surface area contributed by atoms with Gasteiger partial charge in [-0.05, 0) is 18.2 Å². The lowest BCUT2D eigenvalue weighted by molar-refractivity contribution is 0.112. The molecule has 0 radical (unpaired) electrons. The quantitative estimate of drug-likeness (QED) is 0.745. The van der Waals surface area contributed by atoms with Crippen LogP contribution in [0.15, 0.2) is 36.4 Å². The summed E-state index contributed by atoms with van der Waals surface area (Å²) in [6.07, 6.45) is 0.800. The molecule has 0 aliphatic carbocycles. The van der Waals surface area contributed by atoms with Crippen LogP contribution in [-0.4, -0.2) is 16.5 Å². The lowest BCUT2D eigenvalue weighted by Crippen LogP contribution is -1.94. The number of carbonyl (C=O) groups is 1. The Bertz CT molecular complexity index is 479. The molecule has 74 valence electrons. The number of aldehydes is 1. The minimum atomic E-state index is 0.380. The van der Waals surface area contributed by atoms with Gasteiger partial charge < -0.3 is 5.73 Å². The summed E-state index contributed by atoms with van der Waals surface area (Å²) < 4.78 is 0. The van der Waals surface area contributed by atoms with Crippen molar-refractivity contribution in [3.63, 3.8) is 0 Å². The lowest BCUT2D eigenvalue weighted by Gasteiger charge is -2.00. The zero-order valence-electron chi connectivity index (χ0n) is 7.92. The highest BCUT2D eigenvalue weighted by atomic mass is 16.1. The number of benzene rings is 1. The molecule has 15 heavy (non-hydrogen) atoms. The fourth-order valence-electron chi connectivity index (χ4n) is 1.27. The van der Waals surface area contributed by atoms with Crippen molar-refractivity contribution in [1.29, 1.82) is 0 Å². The van der Waals surface area contributed by atoms with Gasteiger partial charge in [0.05, 0.1) is 5.69 Å². The first kappa shape index (κ1) is 9.33. The highest BCUT2D eigenvalue weighted by Gasteiger charge is 2.00. The van der Waals surface area contributed by atoms with E-state index >= 15 is 0 Å². The highest BCUT2D eigenvalue weighted by molar-refractivity contribution is 5.78. The molecule has 1 aromatic heterocycles. The summed E-state index contributed by atoms with van der Waals surface area (Å²) in [5.74, 6) is 0.380. The first-order valence-electron chi connectivity index (χ1n) is 4.44. The fraction of sp³-hybridized carbons (Fsp3) is 0. The highest BCUT2D eigenvalue weighted by Crippen LogP contribution is 2.17. The normalized spacial score (nSPS) is 9.87. The summed E-state index contributed by atoms with van der Waals surface area (Å²) >= 11 is 0. The number of nitrogens with two attached hydrogens (primary N) is 1. The topological polar surface area (TPSA) is 68.9 Å². The standard InChI is InChI=1S/C11H9N3O/c12-11-5-4-10(13-14-11)9-3-1-2-8(6-9)7-15/h1-7H,(H2,12,14). The molecule has 4 nitrogen and oxygen atoms in total. The molecule has 0 unspecified atom stereocenters. The van der Waals surface area contributed by atoms with Crippen LogP contribution in [0.2, 0.25) is 0 Å². The van der Waals surface area contributed by atoms with Crippen LogP contribution in [0.25, 0.3) is 11.3 Å². The van der Waals surface area contributed by atoms with Crippen LogP contribution in [0.5, 0.6) is 0 Å². The van der Waals surface area contributed by atoms with Gasteiger partial charge in [0, 0.05) is 11.1 Å². The fourth-order valence-corrected chi connectivity index (χ4v) is 1.27. The minimum Gasteiger partial charge on any atom is -0.382 e. The molecule has 0 amide bonds. The Labute approximate surface area is 86.8 Å². The number of nitrogens with zero attached hydrogens (tertiary/aromatic N) is 2. The molecule has 0 spiro atoms. The molecule has 0 fully saturated rings. The predicted octanol–water partition coefficient (Wildman–Crippen LogP) is 1.54. The van der Waals surface area contributed by atoms with E-state index in [1.165, 1.54) is 0 Å². The van der Waals surface area contributed by atoms with Crippen LogP contribution >= 0.6 is 0 Å². The van der Waals surface area contributed by atoms with E-state index in [2.05, 4.69) is 10.2 Å². The zero-order valence-corrected chi connectivity index (χ0v) is 7.92. The van der Waals surface area contributed by atoms with E-state index in [-0.39, 0.29) is 0 Å². The van der Waals surface area contributed by atoms with Crippen LogP contribution in [0.3, 0.4) is 0 Å². The van der Waals surface area contributed by atoms with Gasteiger partial charge in [0.15, 0.2) is 0 Å². The summed E-state index contributed by atoms with van der Waals surface area (Å²) in [5, 5.41) is 7.68. The Kier molecular flexibility index (Phi) is 2.41. The molecule has 0 atom stereocenters. The monoisotopic (exact) mass is 199 g/mol. The maximum absolute atomic E-state index is 10.6. The summed E-state index contributed by atoms with van der Waals surface area (Å²) in [4.78, 5) is 10.6. The Hall–Kier alpha value is -2.23. The van der Waals surface area contributed by atoms with Gasteiger partial charge in [0.2, 0.25) is 0 Å². The van der Waals surface area contributed by atoms with Crippen LogP contribution in [-0.2, 0) is 0 Å². The number of hydrogen-bond acceptors (Lipinski definition) is 4. The number of rotatable bonds is 2. The van der Waals surface area contributed by atoms with Gasteiger partial charge in [0.1, 0.15) is 12.1 Å². The Morgan fingerprint density at radius 3 is 2.67 bits per heavy atom. The Morgan fingerprint density at radius 1 is 1.13 bits per heavy atom. The maximum Gasteiger partial charge on any atom is 0.150 e. The third-order valence-electron chi connectivity index (χ3n) is 2.00. The van der Waals surface area contributed by atoms with Crippen molar-refractivity contribution in [2.24, 2.45) is 0 Å². The lowest BCUT2D eigenvalue weighted by atomic mass is 10.1. The van der Waals surface area contributed by atoms with Crippen molar-refractivity contribution >= 4 is 12.1 Å². The minimum absolute atomic E-state index is 0.380. The molecular formula is C11H9N3O. The number of nitrogen functional groups attached to an aromatic ring is 1.